The zero-order valence-corrected chi connectivity index (χ0v) is 13.9. The summed E-state index contributed by atoms with van der Waals surface area (Å²) in [4.78, 5) is 6.69. The normalized spacial score (nSPS) is 21.4. The highest BCUT2D eigenvalue weighted by atomic mass is 16.3. The second kappa shape index (κ2) is 6.31. The molecule has 0 spiro atoms. The Kier molecular flexibility index (Phi) is 4.38. The van der Waals surface area contributed by atoms with Crippen LogP contribution in [0.25, 0.3) is 11.1 Å². The van der Waals surface area contributed by atoms with Crippen LogP contribution in [-0.4, -0.2) is 34.2 Å². The summed E-state index contributed by atoms with van der Waals surface area (Å²) in [6.07, 6.45) is 2.71. The van der Waals surface area contributed by atoms with Crippen LogP contribution in [0.3, 0.4) is 0 Å². The highest BCUT2D eigenvalue weighted by molar-refractivity contribution is 5.80. The SMILES string of the molecule is CC(C)c1nc2cc(CN(C)[C@@H]3CCC[C@@H]3O)cc(C#N)c2o1. The molecule has 1 aromatic heterocycles. The summed E-state index contributed by atoms with van der Waals surface area (Å²) in [5, 5.41) is 19.5. The standard InChI is InChI=1S/C18H23N3O2/c1-11(2)18-20-14-8-12(7-13(9-19)17(14)23-18)10-21(3)15-5-4-6-16(15)22/h7-8,11,15-16,22H,4-6,10H2,1-3H3/t15-,16+/m1/s1. The Balaban J connectivity index is 1.90. The van der Waals surface area contributed by atoms with Crippen LogP contribution in [0.4, 0.5) is 0 Å². The molecule has 1 aliphatic carbocycles. The lowest BCUT2D eigenvalue weighted by atomic mass is 10.1. The molecule has 0 saturated heterocycles. The number of rotatable bonds is 4. The minimum atomic E-state index is -0.251. The van der Waals surface area contributed by atoms with Crippen LogP contribution in [0.5, 0.6) is 0 Å². The van der Waals surface area contributed by atoms with Crippen LogP contribution < -0.4 is 0 Å². The van der Waals surface area contributed by atoms with Gasteiger partial charge in [-0.25, -0.2) is 4.98 Å². The molecule has 23 heavy (non-hydrogen) atoms. The first-order valence-corrected chi connectivity index (χ1v) is 8.21. The van der Waals surface area contributed by atoms with Gasteiger partial charge in [-0.2, -0.15) is 5.26 Å². The van der Waals surface area contributed by atoms with E-state index in [9.17, 15) is 10.4 Å². The molecule has 0 amide bonds. The number of benzene rings is 1. The first-order valence-electron chi connectivity index (χ1n) is 8.21. The van der Waals surface area contributed by atoms with E-state index in [1.54, 1.807) is 0 Å². The van der Waals surface area contributed by atoms with E-state index in [1.807, 2.05) is 33.0 Å². The number of oxazole rings is 1. The summed E-state index contributed by atoms with van der Waals surface area (Å²) in [5.41, 5.74) is 2.86. The molecule has 5 heteroatoms. The van der Waals surface area contributed by atoms with Crippen molar-refractivity contribution in [1.82, 2.24) is 9.88 Å². The molecule has 2 aromatic rings. The van der Waals surface area contributed by atoms with Crippen molar-refractivity contribution in [2.24, 2.45) is 0 Å². The van der Waals surface area contributed by atoms with Crippen molar-refractivity contribution in [3.63, 3.8) is 0 Å². The molecule has 5 nitrogen and oxygen atoms in total. The minimum absolute atomic E-state index is 0.189. The molecular formula is C18H23N3O2. The summed E-state index contributed by atoms with van der Waals surface area (Å²) in [5.74, 6) is 0.849. The lowest BCUT2D eigenvalue weighted by molar-refractivity contribution is 0.0825. The first kappa shape index (κ1) is 16.0. The summed E-state index contributed by atoms with van der Waals surface area (Å²) in [7, 11) is 2.03. The summed E-state index contributed by atoms with van der Waals surface area (Å²) < 4.78 is 5.74. The highest BCUT2D eigenvalue weighted by Gasteiger charge is 2.28. The van der Waals surface area contributed by atoms with Gasteiger partial charge in [-0.1, -0.05) is 13.8 Å². The third-order valence-corrected chi connectivity index (χ3v) is 4.62. The van der Waals surface area contributed by atoms with Crippen LogP contribution in [0, 0.1) is 11.3 Å². The van der Waals surface area contributed by atoms with E-state index >= 15 is 0 Å². The number of hydrogen-bond acceptors (Lipinski definition) is 5. The summed E-state index contributed by atoms with van der Waals surface area (Å²) in [6, 6.07) is 6.27. The number of likely N-dealkylation sites (N-methyl/N-ethyl adjacent to an activating group) is 1. The van der Waals surface area contributed by atoms with Crippen LogP contribution >= 0.6 is 0 Å². The molecule has 1 N–H and O–H groups in total. The molecule has 2 atom stereocenters. The number of hydrogen-bond donors (Lipinski definition) is 1. The zero-order chi connectivity index (χ0) is 16.6. The van der Waals surface area contributed by atoms with Gasteiger partial charge < -0.3 is 9.52 Å². The lowest BCUT2D eigenvalue weighted by Crippen LogP contribution is -2.36. The number of aromatic nitrogens is 1. The first-order chi connectivity index (χ1) is 11.0. The molecule has 0 bridgehead atoms. The lowest BCUT2D eigenvalue weighted by Gasteiger charge is -2.27. The van der Waals surface area contributed by atoms with Crippen molar-refractivity contribution in [3.8, 4) is 6.07 Å². The smallest absolute Gasteiger partial charge is 0.198 e. The molecule has 1 aromatic carbocycles. The Morgan fingerprint density at radius 3 is 2.83 bits per heavy atom. The fourth-order valence-electron chi connectivity index (χ4n) is 3.37. The van der Waals surface area contributed by atoms with Crippen LogP contribution in [0.2, 0.25) is 0 Å². The van der Waals surface area contributed by atoms with Crippen molar-refractivity contribution < 1.29 is 9.52 Å². The number of fused-ring (bicyclic) bond motifs is 1. The van der Waals surface area contributed by atoms with Gasteiger partial charge >= 0.3 is 0 Å². The molecule has 122 valence electrons. The second-order valence-electron chi connectivity index (χ2n) is 6.79. The Morgan fingerprint density at radius 1 is 1.43 bits per heavy atom. The van der Waals surface area contributed by atoms with Gasteiger partial charge in [-0.05, 0) is 44.0 Å². The van der Waals surface area contributed by atoms with Gasteiger partial charge in [0, 0.05) is 18.5 Å². The molecular weight excluding hydrogens is 290 g/mol. The number of aliphatic hydroxyl groups excluding tert-OH is 1. The molecule has 1 saturated carbocycles. The molecule has 3 rings (SSSR count). The van der Waals surface area contributed by atoms with Gasteiger partial charge in [0.05, 0.1) is 11.7 Å². The van der Waals surface area contributed by atoms with Crippen molar-refractivity contribution in [2.75, 3.05) is 7.05 Å². The van der Waals surface area contributed by atoms with E-state index < -0.39 is 0 Å². The van der Waals surface area contributed by atoms with Gasteiger partial charge in [0.2, 0.25) is 0 Å². The number of nitrogens with zero attached hydrogens (tertiary/aromatic N) is 3. The van der Waals surface area contributed by atoms with Crippen LogP contribution in [-0.2, 0) is 6.54 Å². The van der Waals surface area contributed by atoms with E-state index in [1.165, 1.54) is 0 Å². The van der Waals surface area contributed by atoms with E-state index in [0.717, 1.165) is 30.3 Å². The van der Waals surface area contributed by atoms with E-state index in [0.29, 0.717) is 23.6 Å². The van der Waals surface area contributed by atoms with Crippen molar-refractivity contribution in [2.45, 2.75) is 57.7 Å². The van der Waals surface area contributed by atoms with Gasteiger partial charge in [0.1, 0.15) is 11.6 Å². The fourth-order valence-corrected chi connectivity index (χ4v) is 3.37. The monoisotopic (exact) mass is 313 g/mol. The Hall–Kier alpha value is -1.90. The molecule has 1 heterocycles. The topological polar surface area (TPSA) is 73.3 Å². The third-order valence-electron chi connectivity index (χ3n) is 4.62. The van der Waals surface area contributed by atoms with Crippen molar-refractivity contribution in [3.05, 3.63) is 29.2 Å². The van der Waals surface area contributed by atoms with Crippen LogP contribution in [0.1, 0.15) is 56.0 Å². The largest absolute Gasteiger partial charge is 0.439 e. The molecule has 0 aliphatic heterocycles. The van der Waals surface area contributed by atoms with E-state index in [2.05, 4.69) is 16.0 Å². The maximum absolute atomic E-state index is 10.1. The van der Waals surface area contributed by atoms with Crippen molar-refractivity contribution >= 4 is 11.1 Å². The summed E-state index contributed by atoms with van der Waals surface area (Å²) >= 11 is 0. The average molecular weight is 313 g/mol. The van der Waals surface area contributed by atoms with Gasteiger partial charge in [-0.15, -0.1) is 0 Å². The van der Waals surface area contributed by atoms with Gasteiger partial charge in [0.25, 0.3) is 0 Å². The summed E-state index contributed by atoms with van der Waals surface area (Å²) in [6.45, 7) is 4.73. The van der Waals surface area contributed by atoms with Crippen molar-refractivity contribution in [1.29, 1.82) is 5.26 Å². The Morgan fingerprint density at radius 2 is 2.22 bits per heavy atom. The molecule has 0 unspecified atom stereocenters. The highest BCUT2D eigenvalue weighted by Crippen LogP contribution is 2.28. The quantitative estimate of drug-likeness (QED) is 0.938. The molecule has 1 fully saturated rings. The van der Waals surface area contributed by atoms with E-state index in [4.69, 9.17) is 4.42 Å². The maximum atomic E-state index is 10.1. The number of aliphatic hydroxyl groups is 1. The fraction of sp³-hybridized carbons (Fsp3) is 0.556. The average Bonchev–Trinajstić information content (AvgIpc) is 3.12. The van der Waals surface area contributed by atoms with Gasteiger partial charge in [-0.3, -0.25) is 4.90 Å². The third kappa shape index (κ3) is 3.10. The predicted molar refractivity (Wildman–Crippen MR) is 87.9 cm³/mol. The van der Waals surface area contributed by atoms with E-state index in [-0.39, 0.29) is 18.1 Å². The maximum Gasteiger partial charge on any atom is 0.198 e. The van der Waals surface area contributed by atoms with Gasteiger partial charge in [0.15, 0.2) is 11.5 Å². The predicted octanol–water partition coefficient (Wildman–Crippen LogP) is 3.17. The number of nitriles is 1. The minimum Gasteiger partial charge on any atom is -0.439 e. The zero-order valence-electron chi connectivity index (χ0n) is 13.9. The molecule has 0 radical (unpaired) electrons. The Labute approximate surface area is 136 Å². The van der Waals surface area contributed by atoms with Crippen LogP contribution in [0.15, 0.2) is 16.5 Å². The Bertz CT molecular complexity index is 745. The molecule has 1 aliphatic rings. The second-order valence-corrected chi connectivity index (χ2v) is 6.79.